The van der Waals surface area contributed by atoms with E-state index in [1.54, 1.807) is 36.4 Å². The van der Waals surface area contributed by atoms with Gasteiger partial charge in [0.25, 0.3) is 5.69 Å². The Hall–Kier alpha value is -2.07. The number of hydrogen-bond acceptors (Lipinski definition) is 3. The molecule has 0 aliphatic rings. The molecule has 0 bridgehead atoms. The molecular weight excluding hydrogens is 242 g/mol. The highest BCUT2D eigenvalue weighted by Crippen LogP contribution is 2.25. The average molecular weight is 250 g/mol. The largest absolute Gasteiger partial charge is 0.457 e. The van der Waals surface area contributed by atoms with Gasteiger partial charge >= 0.3 is 0 Å². The number of ether oxygens (including phenoxy) is 1. The summed E-state index contributed by atoms with van der Waals surface area (Å²) in [6.45, 7) is 0. The second kappa shape index (κ2) is 4.84. The summed E-state index contributed by atoms with van der Waals surface area (Å²) in [5.41, 5.74) is 0.0310. The van der Waals surface area contributed by atoms with Gasteiger partial charge in [0.15, 0.2) is 0 Å². The van der Waals surface area contributed by atoms with E-state index in [1.807, 2.05) is 0 Å². The third kappa shape index (κ3) is 2.95. The highest BCUT2D eigenvalue weighted by atomic mass is 35.5. The quantitative estimate of drug-likeness (QED) is 0.609. The van der Waals surface area contributed by atoms with Crippen molar-refractivity contribution in [3.8, 4) is 11.5 Å². The molecule has 0 aliphatic heterocycles. The molecule has 2 aromatic rings. The highest BCUT2D eigenvalue weighted by molar-refractivity contribution is 6.30. The summed E-state index contributed by atoms with van der Waals surface area (Å²) in [6, 6.07) is 12.8. The van der Waals surface area contributed by atoms with Gasteiger partial charge < -0.3 is 4.74 Å². The predicted molar refractivity (Wildman–Crippen MR) is 64.6 cm³/mol. The molecule has 0 heterocycles. The fraction of sp³-hybridized carbons (Fsp3) is 0. The summed E-state index contributed by atoms with van der Waals surface area (Å²) in [5.74, 6) is 1.12. The van der Waals surface area contributed by atoms with Gasteiger partial charge in [-0.15, -0.1) is 0 Å². The Morgan fingerprint density at radius 2 is 1.76 bits per heavy atom. The number of rotatable bonds is 3. The van der Waals surface area contributed by atoms with E-state index in [0.717, 1.165) is 0 Å². The summed E-state index contributed by atoms with van der Waals surface area (Å²) >= 11 is 5.81. The maximum absolute atomic E-state index is 10.5. The summed E-state index contributed by atoms with van der Waals surface area (Å²) in [5, 5.41) is 11.0. The highest BCUT2D eigenvalue weighted by Gasteiger charge is 2.05. The Morgan fingerprint density at radius 3 is 2.35 bits per heavy atom. The molecule has 17 heavy (non-hydrogen) atoms. The minimum atomic E-state index is -0.455. The number of nitro benzene ring substituents is 1. The van der Waals surface area contributed by atoms with E-state index in [2.05, 4.69) is 0 Å². The predicted octanol–water partition coefficient (Wildman–Crippen LogP) is 4.04. The Labute approximate surface area is 103 Å². The Balaban J connectivity index is 2.16. The van der Waals surface area contributed by atoms with E-state index in [0.29, 0.717) is 16.5 Å². The molecule has 0 fully saturated rings. The third-order valence-electron chi connectivity index (χ3n) is 2.08. The van der Waals surface area contributed by atoms with Gasteiger partial charge in [0.1, 0.15) is 11.5 Å². The molecular formula is C12H8ClNO3. The van der Waals surface area contributed by atoms with Crippen molar-refractivity contribution in [3.63, 3.8) is 0 Å². The van der Waals surface area contributed by atoms with Crippen LogP contribution in [0.5, 0.6) is 11.5 Å². The number of non-ortho nitro benzene ring substituents is 1. The van der Waals surface area contributed by atoms with Crippen LogP contribution in [0.15, 0.2) is 48.5 Å². The van der Waals surface area contributed by atoms with E-state index in [1.165, 1.54) is 12.1 Å². The molecule has 2 rings (SSSR count). The molecule has 0 saturated heterocycles. The summed E-state index contributed by atoms with van der Waals surface area (Å²) < 4.78 is 5.49. The summed E-state index contributed by atoms with van der Waals surface area (Å²) in [7, 11) is 0. The van der Waals surface area contributed by atoms with Gasteiger partial charge in [-0.1, -0.05) is 17.7 Å². The van der Waals surface area contributed by atoms with E-state index >= 15 is 0 Å². The fourth-order valence-electron chi connectivity index (χ4n) is 1.30. The minimum Gasteiger partial charge on any atom is -0.457 e. The molecule has 0 saturated carbocycles. The lowest BCUT2D eigenvalue weighted by Gasteiger charge is -2.05. The van der Waals surface area contributed by atoms with Crippen molar-refractivity contribution in [1.29, 1.82) is 0 Å². The number of nitro groups is 1. The molecule has 0 aromatic heterocycles. The first kappa shape index (κ1) is 11.4. The summed E-state index contributed by atoms with van der Waals surface area (Å²) in [4.78, 5) is 10.0. The standard InChI is InChI=1S/C12H8ClNO3/c13-9-2-1-3-12(8-9)17-11-6-4-10(5-7-11)14(15)16/h1-8H. The number of hydrogen-bond donors (Lipinski definition) is 0. The van der Waals surface area contributed by atoms with Gasteiger partial charge in [-0.3, -0.25) is 10.1 Å². The van der Waals surface area contributed by atoms with E-state index in [9.17, 15) is 10.1 Å². The zero-order valence-corrected chi connectivity index (χ0v) is 9.42. The molecule has 5 heteroatoms. The van der Waals surface area contributed by atoms with Crippen molar-refractivity contribution in [3.05, 3.63) is 63.7 Å². The number of nitrogens with zero attached hydrogens (tertiary/aromatic N) is 1. The van der Waals surface area contributed by atoms with Gasteiger partial charge in [0.05, 0.1) is 4.92 Å². The van der Waals surface area contributed by atoms with Crippen LogP contribution in [0.1, 0.15) is 0 Å². The van der Waals surface area contributed by atoms with Gasteiger partial charge in [0.2, 0.25) is 0 Å². The van der Waals surface area contributed by atoms with Crippen LogP contribution >= 0.6 is 11.6 Å². The van der Waals surface area contributed by atoms with Crippen molar-refractivity contribution in [2.75, 3.05) is 0 Å². The second-order valence-corrected chi connectivity index (χ2v) is 3.75. The molecule has 86 valence electrons. The van der Waals surface area contributed by atoms with Crippen LogP contribution < -0.4 is 4.74 Å². The van der Waals surface area contributed by atoms with Crippen molar-refractivity contribution in [1.82, 2.24) is 0 Å². The molecule has 0 aliphatic carbocycles. The van der Waals surface area contributed by atoms with Gasteiger partial charge in [0, 0.05) is 17.2 Å². The van der Waals surface area contributed by atoms with Crippen LogP contribution in [0.4, 0.5) is 5.69 Å². The maximum atomic E-state index is 10.5. The third-order valence-corrected chi connectivity index (χ3v) is 2.31. The monoisotopic (exact) mass is 249 g/mol. The maximum Gasteiger partial charge on any atom is 0.269 e. The lowest BCUT2D eigenvalue weighted by atomic mass is 10.3. The molecule has 0 N–H and O–H groups in total. The lowest BCUT2D eigenvalue weighted by Crippen LogP contribution is -1.88. The van der Waals surface area contributed by atoms with Crippen molar-refractivity contribution in [2.45, 2.75) is 0 Å². The van der Waals surface area contributed by atoms with Crippen molar-refractivity contribution < 1.29 is 9.66 Å². The zero-order chi connectivity index (χ0) is 12.3. The Morgan fingerprint density at radius 1 is 1.06 bits per heavy atom. The lowest BCUT2D eigenvalue weighted by molar-refractivity contribution is -0.384. The second-order valence-electron chi connectivity index (χ2n) is 3.31. The first-order valence-electron chi connectivity index (χ1n) is 4.83. The SMILES string of the molecule is O=[N+]([O-])c1ccc(Oc2cccc(Cl)c2)cc1. The molecule has 0 amide bonds. The molecule has 0 spiro atoms. The van der Waals surface area contributed by atoms with Crippen LogP contribution in [0.2, 0.25) is 5.02 Å². The van der Waals surface area contributed by atoms with Crippen LogP contribution in [0.25, 0.3) is 0 Å². The molecule has 2 aromatic carbocycles. The minimum absolute atomic E-state index is 0.0310. The number of benzene rings is 2. The van der Waals surface area contributed by atoms with E-state index in [4.69, 9.17) is 16.3 Å². The topological polar surface area (TPSA) is 52.4 Å². The van der Waals surface area contributed by atoms with Crippen LogP contribution in [0, 0.1) is 10.1 Å². The summed E-state index contributed by atoms with van der Waals surface area (Å²) in [6.07, 6.45) is 0. The Bertz CT molecular complexity index is 540. The van der Waals surface area contributed by atoms with E-state index in [-0.39, 0.29) is 5.69 Å². The smallest absolute Gasteiger partial charge is 0.269 e. The van der Waals surface area contributed by atoms with Crippen molar-refractivity contribution in [2.24, 2.45) is 0 Å². The molecule has 0 unspecified atom stereocenters. The van der Waals surface area contributed by atoms with E-state index < -0.39 is 4.92 Å². The van der Waals surface area contributed by atoms with Gasteiger partial charge in [-0.2, -0.15) is 0 Å². The van der Waals surface area contributed by atoms with Crippen molar-refractivity contribution >= 4 is 17.3 Å². The van der Waals surface area contributed by atoms with Crippen LogP contribution in [-0.2, 0) is 0 Å². The van der Waals surface area contributed by atoms with Crippen LogP contribution in [-0.4, -0.2) is 4.92 Å². The van der Waals surface area contributed by atoms with Gasteiger partial charge in [-0.25, -0.2) is 0 Å². The number of halogens is 1. The van der Waals surface area contributed by atoms with Gasteiger partial charge in [-0.05, 0) is 30.3 Å². The average Bonchev–Trinajstić information content (AvgIpc) is 2.29. The fourth-order valence-corrected chi connectivity index (χ4v) is 1.48. The van der Waals surface area contributed by atoms with Crippen LogP contribution in [0.3, 0.4) is 0 Å². The molecule has 0 radical (unpaired) electrons. The molecule has 4 nitrogen and oxygen atoms in total. The first-order chi connectivity index (χ1) is 8.15. The molecule has 0 atom stereocenters. The zero-order valence-electron chi connectivity index (χ0n) is 8.67. The first-order valence-corrected chi connectivity index (χ1v) is 5.21. The normalized spacial score (nSPS) is 9.94. The Kier molecular flexibility index (Phi) is 3.25.